The zero-order chi connectivity index (χ0) is 16.1. The Morgan fingerprint density at radius 3 is 2.14 bits per heavy atom. The molecule has 4 nitrogen and oxygen atoms in total. The van der Waals surface area contributed by atoms with Gasteiger partial charge in [0.15, 0.2) is 8.32 Å². The van der Waals surface area contributed by atoms with Crippen LogP contribution in [0.25, 0.3) is 0 Å². The smallest absolute Gasteiger partial charge is 0.219 e. The fourth-order valence-electron chi connectivity index (χ4n) is 1.51. The lowest BCUT2D eigenvalue weighted by atomic mass is 10.2. The van der Waals surface area contributed by atoms with Crippen molar-refractivity contribution in [2.45, 2.75) is 51.1 Å². The van der Waals surface area contributed by atoms with Gasteiger partial charge in [-0.1, -0.05) is 32.5 Å². The predicted octanol–water partition coefficient (Wildman–Crippen LogP) is 3.46. The Bertz CT molecular complexity index is 336. The highest BCUT2D eigenvalue weighted by Gasteiger charge is 2.38. The van der Waals surface area contributed by atoms with Gasteiger partial charge in [0, 0.05) is 0 Å². The van der Waals surface area contributed by atoms with Gasteiger partial charge in [0.1, 0.15) is 18.8 Å². The molecule has 2 atom stereocenters. The van der Waals surface area contributed by atoms with Crippen molar-refractivity contribution < 1.29 is 18.6 Å². The van der Waals surface area contributed by atoms with Crippen LogP contribution in [0.15, 0.2) is 0 Å². The summed E-state index contributed by atoms with van der Waals surface area (Å²) >= 11 is 6.42. The minimum Gasteiger partial charge on any atom is -0.476 e. The molecule has 1 aliphatic heterocycles. The molecule has 1 rings (SSSR count). The molecule has 0 bridgehead atoms. The highest BCUT2D eigenvalue weighted by atomic mass is 32.2. The second kappa shape index (κ2) is 8.26. The van der Waals surface area contributed by atoms with Gasteiger partial charge in [-0.3, -0.25) is 0 Å². The Labute approximate surface area is 139 Å². The van der Waals surface area contributed by atoms with E-state index in [4.69, 9.17) is 30.9 Å². The molecule has 124 valence electrons. The third-order valence-electron chi connectivity index (χ3n) is 4.03. The summed E-state index contributed by atoms with van der Waals surface area (Å²) in [5.74, 6) is 0. The first kappa shape index (κ1) is 19.4. The maximum absolute atomic E-state index is 6.16. The monoisotopic (exact) mass is 352 g/mol. The third-order valence-corrected chi connectivity index (χ3v) is 9.60. The summed E-state index contributed by atoms with van der Waals surface area (Å²) < 4.78 is 23.7. The van der Waals surface area contributed by atoms with Gasteiger partial charge < -0.3 is 18.6 Å². The molecule has 1 fully saturated rings. The summed E-state index contributed by atoms with van der Waals surface area (Å²) in [7, 11) is -1.72. The molecule has 1 heterocycles. The van der Waals surface area contributed by atoms with Crippen molar-refractivity contribution >= 4 is 36.7 Å². The maximum atomic E-state index is 6.16. The second-order valence-electron chi connectivity index (χ2n) is 6.75. The molecule has 0 amide bonds. The van der Waals surface area contributed by atoms with Crippen LogP contribution < -0.4 is 0 Å². The van der Waals surface area contributed by atoms with E-state index in [0.29, 0.717) is 30.8 Å². The average molecular weight is 353 g/mol. The fraction of sp³-hybridized carbons (Fsp3) is 0.929. The van der Waals surface area contributed by atoms with Crippen LogP contribution in [0.2, 0.25) is 18.1 Å². The fourth-order valence-corrected chi connectivity index (χ4v) is 2.80. The lowest BCUT2D eigenvalue weighted by Crippen LogP contribution is -2.46. The molecule has 0 spiro atoms. The van der Waals surface area contributed by atoms with Gasteiger partial charge in [-0.05, 0) is 36.6 Å². The van der Waals surface area contributed by atoms with Crippen LogP contribution in [-0.2, 0) is 18.6 Å². The highest BCUT2D eigenvalue weighted by Crippen LogP contribution is 2.36. The molecule has 0 aliphatic carbocycles. The largest absolute Gasteiger partial charge is 0.476 e. The summed E-state index contributed by atoms with van der Waals surface area (Å²) in [5.41, 5.74) is 0. The third kappa shape index (κ3) is 6.54. The van der Waals surface area contributed by atoms with Gasteiger partial charge in [-0.25, -0.2) is 0 Å². The summed E-state index contributed by atoms with van der Waals surface area (Å²) in [6.07, 6.45) is 1.87. The SMILES string of the molecule is CSC(=S)OCC1COC(CO[Si](C)(C)C(C)(C)C)CO1. The van der Waals surface area contributed by atoms with Gasteiger partial charge in [-0.2, -0.15) is 0 Å². The minimum atomic E-state index is -1.72. The molecule has 0 aromatic heterocycles. The lowest BCUT2D eigenvalue weighted by molar-refractivity contribution is -0.152. The van der Waals surface area contributed by atoms with Crippen molar-refractivity contribution in [2.75, 3.05) is 32.7 Å². The van der Waals surface area contributed by atoms with E-state index in [1.165, 1.54) is 11.8 Å². The van der Waals surface area contributed by atoms with Crippen molar-refractivity contribution in [3.63, 3.8) is 0 Å². The Kier molecular flexibility index (Phi) is 7.63. The molecule has 21 heavy (non-hydrogen) atoms. The van der Waals surface area contributed by atoms with Crippen LogP contribution in [0.5, 0.6) is 0 Å². The van der Waals surface area contributed by atoms with Gasteiger partial charge in [0.05, 0.1) is 19.8 Å². The topological polar surface area (TPSA) is 36.9 Å². The number of rotatable bonds is 5. The van der Waals surface area contributed by atoms with E-state index in [0.717, 1.165) is 0 Å². The average Bonchev–Trinajstić information content (AvgIpc) is 2.42. The Morgan fingerprint density at radius 1 is 1.19 bits per heavy atom. The summed E-state index contributed by atoms with van der Waals surface area (Å²) in [6, 6.07) is 0. The summed E-state index contributed by atoms with van der Waals surface area (Å²) in [4.78, 5) is 0. The molecule has 0 saturated carbocycles. The normalized spacial score (nSPS) is 23.9. The van der Waals surface area contributed by atoms with Crippen molar-refractivity contribution in [3.05, 3.63) is 0 Å². The molecule has 0 N–H and O–H groups in total. The predicted molar refractivity (Wildman–Crippen MR) is 94.7 cm³/mol. The number of ether oxygens (including phenoxy) is 3. The van der Waals surface area contributed by atoms with Gasteiger partial charge in [-0.15, -0.1) is 0 Å². The van der Waals surface area contributed by atoms with E-state index in [1.54, 1.807) is 0 Å². The Balaban J connectivity index is 2.26. The first-order valence-corrected chi connectivity index (χ1v) is 11.8. The van der Waals surface area contributed by atoms with Crippen LogP contribution in [-0.4, -0.2) is 57.6 Å². The van der Waals surface area contributed by atoms with Crippen LogP contribution in [0.3, 0.4) is 0 Å². The molecular weight excluding hydrogens is 324 g/mol. The van der Waals surface area contributed by atoms with E-state index >= 15 is 0 Å². The van der Waals surface area contributed by atoms with E-state index in [9.17, 15) is 0 Å². The molecule has 1 saturated heterocycles. The van der Waals surface area contributed by atoms with E-state index in [-0.39, 0.29) is 17.2 Å². The molecule has 0 aromatic rings. The molecule has 7 heteroatoms. The summed E-state index contributed by atoms with van der Waals surface area (Å²) in [5, 5.41) is 0.215. The molecule has 1 aliphatic rings. The Morgan fingerprint density at radius 2 is 1.71 bits per heavy atom. The van der Waals surface area contributed by atoms with Crippen LogP contribution in [0.4, 0.5) is 0 Å². The molecule has 2 unspecified atom stereocenters. The minimum absolute atomic E-state index is 0.0166. The van der Waals surface area contributed by atoms with Gasteiger partial charge in [0.25, 0.3) is 0 Å². The van der Waals surface area contributed by atoms with Crippen LogP contribution in [0.1, 0.15) is 20.8 Å². The number of hydrogen-bond acceptors (Lipinski definition) is 6. The number of thioether (sulfide) groups is 1. The standard InChI is InChI=1S/C14H28O4S2Si/c1-14(2,3)21(5,6)18-10-12-8-15-11(7-16-12)9-17-13(19)20-4/h11-12H,7-10H2,1-6H3. The van der Waals surface area contributed by atoms with Gasteiger partial charge in [0.2, 0.25) is 4.38 Å². The summed E-state index contributed by atoms with van der Waals surface area (Å²) in [6.45, 7) is 13.3. The molecular formula is C14H28O4S2Si. The Hall–Kier alpha value is 0.337. The zero-order valence-electron chi connectivity index (χ0n) is 13.9. The van der Waals surface area contributed by atoms with E-state index < -0.39 is 8.32 Å². The van der Waals surface area contributed by atoms with E-state index in [2.05, 4.69) is 33.9 Å². The van der Waals surface area contributed by atoms with Crippen molar-refractivity contribution in [3.8, 4) is 0 Å². The first-order valence-electron chi connectivity index (χ1n) is 7.23. The maximum Gasteiger partial charge on any atom is 0.219 e. The van der Waals surface area contributed by atoms with Crippen LogP contribution in [0, 0.1) is 0 Å². The molecule has 0 aromatic carbocycles. The van der Waals surface area contributed by atoms with Gasteiger partial charge >= 0.3 is 0 Å². The van der Waals surface area contributed by atoms with Crippen LogP contribution >= 0.6 is 24.0 Å². The zero-order valence-corrected chi connectivity index (χ0v) is 16.6. The lowest BCUT2D eigenvalue weighted by Gasteiger charge is -2.38. The first-order chi connectivity index (χ1) is 9.65. The van der Waals surface area contributed by atoms with Crippen molar-refractivity contribution in [1.82, 2.24) is 0 Å². The quantitative estimate of drug-likeness (QED) is 0.557. The highest BCUT2D eigenvalue weighted by molar-refractivity contribution is 8.22. The van der Waals surface area contributed by atoms with Crippen molar-refractivity contribution in [1.29, 1.82) is 0 Å². The number of hydrogen-bond donors (Lipinski definition) is 0. The second-order valence-corrected chi connectivity index (χ2v) is 13.0. The van der Waals surface area contributed by atoms with E-state index in [1.807, 2.05) is 6.26 Å². The molecule has 0 radical (unpaired) electrons. The van der Waals surface area contributed by atoms with Crippen molar-refractivity contribution in [2.24, 2.45) is 0 Å². The number of thiocarbonyl (C=S) groups is 1.